The van der Waals surface area contributed by atoms with E-state index in [1.165, 1.54) is 6.07 Å². The van der Waals surface area contributed by atoms with Crippen molar-refractivity contribution in [1.29, 1.82) is 0 Å². The Bertz CT molecular complexity index is 355. The van der Waals surface area contributed by atoms with E-state index in [1.807, 2.05) is 13.0 Å². The molecule has 0 spiro atoms. The molecule has 2 nitrogen and oxygen atoms in total. The predicted molar refractivity (Wildman–Crippen MR) is 68.9 cm³/mol. The van der Waals surface area contributed by atoms with Crippen molar-refractivity contribution < 1.29 is 13.5 Å². The molecule has 1 rings (SSSR count). The van der Waals surface area contributed by atoms with Crippen LogP contribution in [0.3, 0.4) is 0 Å². The Kier molecular flexibility index (Phi) is 6.05. The molecule has 0 heterocycles. The summed E-state index contributed by atoms with van der Waals surface area (Å²) < 4.78 is 28.6. The van der Waals surface area contributed by atoms with Crippen LogP contribution in [0, 0.1) is 5.92 Å². The maximum atomic E-state index is 12.1. The number of rotatable bonds is 7. The second-order valence-corrected chi connectivity index (χ2v) is 4.81. The van der Waals surface area contributed by atoms with E-state index < -0.39 is 6.61 Å². The van der Waals surface area contributed by atoms with Gasteiger partial charge in [0.15, 0.2) is 0 Å². The highest BCUT2D eigenvalue weighted by Gasteiger charge is 2.08. The Balaban J connectivity index is 2.54. The fourth-order valence-corrected chi connectivity index (χ4v) is 1.67. The molecule has 0 amide bonds. The van der Waals surface area contributed by atoms with E-state index >= 15 is 0 Å². The number of halogens is 2. The van der Waals surface area contributed by atoms with E-state index in [0.717, 1.165) is 18.5 Å². The van der Waals surface area contributed by atoms with Gasteiger partial charge in [0.1, 0.15) is 5.75 Å². The lowest BCUT2D eigenvalue weighted by Crippen LogP contribution is -2.21. The number of hydrogen-bond donors (Lipinski definition) is 1. The molecule has 1 unspecified atom stereocenters. The highest BCUT2D eigenvalue weighted by molar-refractivity contribution is 5.30. The van der Waals surface area contributed by atoms with Crippen molar-refractivity contribution in [1.82, 2.24) is 5.32 Å². The maximum Gasteiger partial charge on any atom is 0.387 e. The molecule has 0 saturated carbocycles. The quantitative estimate of drug-likeness (QED) is 0.797. The first kappa shape index (κ1) is 14.9. The first-order valence-corrected chi connectivity index (χ1v) is 6.27. The average molecular weight is 257 g/mol. The van der Waals surface area contributed by atoms with Gasteiger partial charge < -0.3 is 10.1 Å². The minimum atomic E-state index is -2.77. The summed E-state index contributed by atoms with van der Waals surface area (Å²) in [5, 5.41) is 3.37. The third kappa shape index (κ3) is 5.45. The molecule has 102 valence electrons. The fourth-order valence-electron chi connectivity index (χ4n) is 1.67. The van der Waals surface area contributed by atoms with Crippen molar-refractivity contribution in [3.8, 4) is 5.75 Å². The van der Waals surface area contributed by atoms with Crippen molar-refractivity contribution in [2.45, 2.75) is 39.8 Å². The van der Waals surface area contributed by atoms with Crippen molar-refractivity contribution in [2.24, 2.45) is 5.92 Å². The molecule has 0 aromatic heterocycles. The van der Waals surface area contributed by atoms with Crippen LogP contribution in [0.2, 0.25) is 0 Å². The summed E-state index contributed by atoms with van der Waals surface area (Å²) in [5.41, 5.74) is 0.955. The molecule has 4 heteroatoms. The summed E-state index contributed by atoms with van der Waals surface area (Å²) in [7, 11) is 0. The van der Waals surface area contributed by atoms with Gasteiger partial charge in [-0.1, -0.05) is 26.0 Å². The third-order valence-electron chi connectivity index (χ3n) is 2.76. The van der Waals surface area contributed by atoms with E-state index in [0.29, 0.717) is 5.92 Å². The van der Waals surface area contributed by atoms with E-state index in [1.54, 1.807) is 12.1 Å². The number of ether oxygens (including phenoxy) is 1. The number of benzene rings is 1. The van der Waals surface area contributed by atoms with Crippen LogP contribution in [-0.2, 0) is 0 Å². The zero-order valence-corrected chi connectivity index (χ0v) is 11.1. The monoisotopic (exact) mass is 257 g/mol. The lowest BCUT2D eigenvalue weighted by molar-refractivity contribution is -0.0499. The van der Waals surface area contributed by atoms with Crippen LogP contribution in [0.4, 0.5) is 8.78 Å². The first-order valence-electron chi connectivity index (χ1n) is 6.27. The highest BCUT2D eigenvalue weighted by Crippen LogP contribution is 2.20. The Morgan fingerprint density at radius 1 is 1.22 bits per heavy atom. The molecule has 0 aliphatic rings. The first-order chi connectivity index (χ1) is 8.49. The fraction of sp³-hybridized carbons (Fsp3) is 0.571. The van der Waals surface area contributed by atoms with Crippen molar-refractivity contribution in [3.05, 3.63) is 29.8 Å². The summed E-state index contributed by atoms with van der Waals surface area (Å²) in [6.45, 7) is 4.50. The Morgan fingerprint density at radius 2 is 1.94 bits per heavy atom. The van der Waals surface area contributed by atoms with Gasteiger partial charge in [0.2, 0.25) is 0 Å². The number of alkyl halides is 2. The highest BCUT2D eigenvalue weighted by atomic mass is 19.3. The van der Waals surface area contributed by atoms with Crippen LogP contribution in [0.15, 0.2) is 24.3 Å². The summed E-state index contributed by atoms with van der Waals surface area (Å²) in [6.07, 6.45) is 1.09. The zero-order chi connectivity index (χ0) is 13.5. The molecule has 0 saturated heterocycles. The van der Waals surface area contributed by atoms with Crippen molar-refractivity contribution in [2.75, 3.05) is 6.54 Å². The van der Waals surface area contributed by atoms with E-state index in [-0.39, 0.29) is 11.8 Å². The van der Waals surface area contributed by atoms with Crippen LogP contribution in [0.25, 0.3) is 0 Å². The van der Waals surface area contributed by atoms with Gasteiger partial charge in [0.05, 0.1) is 0 Å². The normalized spacial score (nSPS) is 13.1. The molecule has 1 aromatic rings. The van der Waals surface area contributed by atoms with E-state index in [9.17, 15) is 8.78 Å². The van der Waals surface area contributed by atoms with E-state index in [4.69, 9.17) is 0 Å². The molecular formula is C14H21F2NO. The molecule has 1 aromatic carbocycles. The Labute approximate surface area is 107 Å². The Hall–Kier alpha value is -1.16. The smallest absolute Gasteiger partial charge is 0.387 e. The van der Waals surface area contributed by atoms with Gasteiger partial charge in [0.25, 0.3) is 0 Å². The van der Waals surface area contributed by atoms with Crippen LogP contribution in [0.5, 0.6) is 5.75 Å². The number of nitrogens with one attached hydrogen (secondary N) is 1. The van der Waals surface area contributed by atoms with Crippen molar-refractivity contribution >= 4 is 0 Å². The van der Waals surface area contributed by atoms with Crippen LogP contribution >= 0.6 is 0 Å². The summed E-state index contributed by atoms with van der Waals surface area (Å²) in [6, 6.07) is 6.96. The molecule has 0 aliphatic carbocycles. The minimum Gasteiger partial charge on any atom is -0.435 e. The SMILES string of the molecule is CC(C)CCNC(C)c1cccc(OC(F)F)c1. The van der Waals surface area contributed by atoms with Gasteiger partial charge in [-0.05, 0) is 43.5 Å². The standard InChI is InChI=1S/C14H21F2NO/c1-10(2)7-8-17-11(3)12-5-4-6-13(9-12)18-14(15)16/h4-6,9-11,14,17H,7-8H2,1-3H3. The molecular weight excluding hydrogens is 236 g/mol. The van der Waals surface area contributed by atoms with Crippen molar-refractivity contribution in [3.63, 3.8) is 0 Å². The van der Waals surface area contributed by atoms with Crippen LogP contribution < -0.4 is 10.1 Å². The summed E-state index contributed by atoms with van der Waals surface area (Å²) in [4.78, 5) is 0. The lowest BCUT2D eigenvalue weighted by Gasteiger charge is -2.16. The van der Waals surface area contributed by atoms with Gasteiger partial charge >= 0.3 is 6.61 Å². The largest absolute Gasteiger partial charge is 0.435 e. The molecule has 0 radical (unpaired) electrons. The van der Waals surface area contributed by atoms with E-state index in [2.05, 4.69) is 23.9 Å². The van der Waals surface area contributed by atoms with Crippen LogP contribution in [0.1, 0.15) is 38.8 Å². The molecule has 1 N–H and O–H groups in total. The van der Waals surface area contributed by atoms with Gasteiger partial charge in [-0.2, -0.15) is 8.78 Å². The maximum absolute atomic E-state index is 12.1. The summed E-state index contributed by atoms with van der Waals surface area (Å²) in [5.74, 6) is 0.859. The van der Waals surface area contributed by atoms with Gasteiger partial charge in [-0.25, -0.2) is 0 Å². The Morgan fingerprint density at radius 3 is 2.56 bits per heavy atom. The van der Waals surface area contributed by atoms with Crippen LogP contribution in [-0.4, -0.2) is 13.2 Å². The van der Waals surface area contributed by atoms with Gasteiger partial charge in [-0.3, -0.25) is 0 Å². The molecule has 0 bridgehead atoms. The minimum absolute atomic E-state index is 0.130. The zero-order valence-electron chi connectivity index (χ0n) is 11.1. The van der Waals surface area contributed by atoms with Gasteiger partial charge in [-0.15, -0.1) is 0 Å². The average Bonchev–Trinajstić information content (AvgIpc) is 2.27. The molecule has 0 aliphatic heterocycles. The van der Waals surface area contributed by atoms with Gasteiger partial charge in [0, 0.05) is 6.04 Å². The molecule has 1 atom stereocenters. The number of hydrogen-bond acceptors (Lipinski definition) is 2. The summed E-state index contributed by atoms with van der Waals surface area (Å²) >= 11 is 0. The second kappa shape index (κ2) is 7.31. The lowest BCUT2D eigenvalue weighted by atomic mass is 10.1. The topological polar surface area (TPSA) is 21.3 Å². The predicted octanol–water partition coefficient (Wildman–Crippen LogP) is 3.98. The second-order valence-electron chi connectivity index (χ2n) is 4.81. The molecule has 18 heavy (non-hydrogen) atoms. The third-order valence-corrected chi connectivity index (χ3v) is 2.76. The molecule has 0 fully saturated rings.